The molecule has 0 amide bonds. The van der Waals surface area contributed by atoms with Gasteiger partial charge in [0.25, 0.3) is 0 Å². The Morgan fingerprint density at radius 1 is 1.05 bits per heavy atom. The number of nitrogens with zero attached hydrogens (tertiary/aromatic N) is 2. The van der Waals surface area contributed by atoms with E-state index in [0.29, 0.717) is 11.6 Å². The monoisotopic (exact) mass is 552 g/mol. The summed E-state index contributed by atoms with van der Waals surface area (Å²) in [5.41, 5.74) is 14.2. The van der Waals surface area contributed by atoms with Crippen molar-refractivity contribution in [2.45, 2.75) is 32.7 Å². The van der Waals surface area contributed by atoms with E-state index in [1.54, 1.807) is 20.3 Å². The maximum Gasteiger partial charge on any atom is 0.142 e. The van der Waals surface area contributed by atoms with E-state index < -0.39 is 0 Å². The van der Waals surface area contributed by atoms with Gasteiger partial charge in [-0.05, 0) is 92.0 Å². The van der Waals surface area contributed by atoms with Gasteiger partial charge < -0.3 is 25.7 Å². The summed E-state index contributed by atoms with van der Waals surface area (Å²) < 4.78 is 4.25. The number of anilines is 2. The van der Waals surface area contributed by atoms with Crippen molar-refractivity contribution in [3.63, 3.8) is 0 Å². The van der Waals surface area contributed by atoms with Crippen LogP contribution in [0.15, 0.2) is 84.6 Å². The van der Waals surface area contributed by atoms with E-state index in [2.05, 4.69) is 77.0 Å². The summed E-state index contributed by atoms with van der Waals surface area (Å²) in [4.78, 5) is 15.8. The van der Waals surface area contributed by atoms with Gasteiger partial charge in [-0.2, -0.15) is 0 Å². The Bertz CT molecular complexity index is 1320. The molecule has 3 aromatic carbocycles. The van der Waals surface area contributed by atoms with Crippen molar-refractivity contribution < 1.29 is 9.53 Å². The highest BCUT2D eigenvalue weighted by molar-refractivity contribution is 5.87. The zero-order valence-corrected chi connectivity index (χ0v) is 24.8. The molecule has 0 spiro atoms. The number of methoxy groups -OCH3 is 1. The fourth-order valence-corrected chi connectivity index (χ4v) is 5.15. The summed E-state index contributed by atoms with van der Waals surface area (Å²) in [6, 6.07) is 22.9. The van der Waals surface area contributed by atoms with Gasteiger partial charge in [-0.1, -0.05) is 61.5 Å². The second-order valence-electron chi connectivity index (χ2n) is 10.4. The van der Waals surface area contributed by atoms with E-state index in [1.807, 2.05) is 30.3 Å². The number of hydrogen-bond acceptors (Lipinski definition) is 6. The number of allylic oxidation sites excluding steroid dienone is 3. The molecule has 1 heterocycles. The van der Waals surface area contributed by atoms with Crippen molar-refractivity contribution in [2.75, 3.05) is 45.0 Å². The molecule has 3 aromatic rings. The van der Waals surface area contributed by atoms with Gasteiger partial charge in [0, 0.05) is 55.5 Å². The fraction of sp³-hybridized carbons (Fsp3) is 0.314. The summed E-state index contributed by atoms with van der Waals surface area (Å²) >= 11 is 0. The minimum absolute atomic E-state index is 0.508. The third-order valence-corrected chi connectivity index (χ3v) is 7.28. The van der Waals surface area contributed by atoms with Gasteiger partial charge in [-0.25, -0.2) is 0 Å². The lowest BCUT2D eigenvalue weighted by atomic mass is 9.91. The van der Waals surface area contributed by atoms with E-state index in [1.165, 1.54) is 17.5 Å². The van der Waals surface area contributed by atoms with Crippen LogP contribution in [0.5, 0.6) is 0 Å². The van der Waals surface area contributed by atoms with Gasteiger partial charge >= 0.3 is 0 Å². The number of rotatable bonds is 10. The summed E-state index contributed by atoms with van der Waals surface area (Å²) in [5, 5.41) is 7.62. The topological polar surface area (TPSA) is 82.7 Å². The molecule has 41 heavy (non-hydrogen) atoms. The van der Waals surface area contributed by atoms with Gasteiger partial charge in [-0.15, -0.1) is 0 Å². The first kappa shape index (κ1) is 31.5. The van der Waals surface area contributed by atoms with Gasteiger partial charge in [0.15, 0.2) is 0 Å². The summed E-state index contributed by atoms with van der Waals surface area (Å²) in [5.74, 6) is 0.508. The number of likely N-dealkylation sites (tertiary alicyclic amines) is 1. The van der Waals surface area contributed by atoms with Gasteiger partial charge in [0.05, 0.1) is 0 Å². The number of benzene rings is 3. The normalized spacial score (nSPS) is 14.4. The lowest BCUT2D eigenvalue weighted by Crippen LogP contribution is -2.35. The van der Waals surface area contributed by atoms with Gasteiger partial charge in [0.2, 0.25) is 0 Å². The van der Waals surface area contributed by atoms with E-state index >= 15 is 0 Å². The van der Waals surface area contributed by atoms with Gasteiger partial charge in [0.1, 0.15) is 6.29 Å². The van der Waals surface area contributed by atoms with E-state index in [4.69, 9.17) is 11.1 Å². The average Bonchev–Trinajstić information content (AvgIpc) is 2.99. The standard InChI is InChI=1S/C33H38N4O.C2H6O/c1-3-6-33(28-16-18-36(2)19-17-28)37(31-9-4-7-25(21-31)8-5-20-38)24-26-10-12-27(13-11-26)29-14-15-32(35)30(22-29)23-34;1-3-2/h4-15,20-23,28,34H,3,16-19,24,35H2,1-2H3;1-2H3/b8-5+,33-6-,34-23?;. The van der Waals surface area contributed by atoms with Gasteiger partial charge in [-0.3, -0.25) is 4.79 Å². The Kier molecular flexibility index (Phi) is 12.5. The van der Waals surface area contributed by atoms with Crippen LogP contribution in [-0.4, -0.2) is 51.8 Å². The number of carbonyl (C=O) groups excluding carboxylic acids is 1. The van der Waals surface area contributed by atoms with E-state index in [0.717, 1.165) is 73.1 Å². The molecule has 4 rings (SSSR count). The zero-order chi connectivity index (χ0) is 29.6. The van der Waals surface area contributed by atoms with E-state index in [9.17, 15) is 4.79 Å². The van der Waals surface area contributed by atoms with Crippen molar-refractivity contribution >= 4 is 30.0 Å². The van der Waals surface area contributed by atoms with Crippen LogP contribution in [0, 0.1) is 11.3 Å². The Balaban J connectivity index is 0.00000147. The SMILES string of the molecule is CC/C=C(/C1CCN(C)CC1)N(Cc1ccc(-c2ccc(N)c(C=N)c2)cc1)c1cccc(/C=C/C=O)c1.COC. The maximum absolute atomic E-state index is 10.9. The summed E-state index contributed by atoms with van der Waals surface area (Å²) in [6.07, 6.45) is 11.2. The molecular weight excluding hydrogens is 508 g/mol. The highest BCUT2D eigenvalue weighted by Gasteiger charge is 2.25. The van der Waals surface area contributed by atoms with Crippen molar-refractivity contribution in [3.05, 3.63) is 101 Å². The Hall–Kier alpha value is -4.00. The molecule has 1 aliphatic rings. The van der Waals surface area contributed by atoms with Crippen molar-refractivity contribution in [1.82, 2.24) is 4.90 Å². The van der Waals surface area contributed by atoms with Crippen LogP contribution in [0.2, 0.25) is 0 Å². The van der Waals surface area contributed by atoms with Crippen LogP contribution >= 0.6 is 0 Å². The molecule has 0 aromatic heterocycles. The highest BCUT2D eigenvalue weighted by atomic mass is 16.4. The molecule has 6 nitrogen and oxygen atoms in total. The van der Waals surface area contributed by atoms with Crippen molar-refractivity contribution in [1.29, 1.82) is 5.41 Å². The smallest absolute Gasteiger partial charge is 0.142 e. The zero-order valence-electron chi connectivity index (χ0n) is 24.8. The quantitative estimate of drug-likeness (QED) is 0.122. The molecule has 0 atom stereocenters. The number of aldehydes is 1. The second-order valence-corrected chi connectivity index (χ2v) is 10.4. The number of hydrogen-bond donors (Lipinski definition) is 2. The number of carbonyl (C=O) groups is 1. The summed E-state index contributed by atoms with van der Waals surface area (Å²) in [6.45, 7) is 5.18. The van der Waals surface area contributed by atoms with E-state index in [-0.39, 0.29) is 0 Å². The van der Waals surface area contributed by atoms with Crippen LogP contribution in [0.1, 0.15) is 42.9 Å². The molecular formula is C35H44N4O2. The van der Waals surface area contributed by atoms with Crippen LogP contribution in [0.25, 0.3) is 17.2 Å². The molecule has 0 saturated carbocycles. The largest absolute Gasteiger partial charge is 0.398 e. The Morgan fingerprint density at radius 3 is 2.37 bits per heavy atom. The molecule has 1 saturated heterocycles. The van der Waals surface area contributed by atoms with Crippen LogP contribution in [0.3, 0.4) is 0 Å². The lowest BCUT2D eigenvalue weighted by Gasteiger charge is -2.37. The second kappa shape index (κ2) is 16.3. The minimum atomic E-state index is 0.508. The molecule has 0 aliphatic carbocycles. The van der Waals surface area contributed by atoms with Crippen molar-refractivity contribution in [2.24, 2.45) is 5.92 Å². The number of nitrogen functional groups attached to an aromatic ring is 1. The van der Waals surface area contributed by atoms with Crippen LogP contribution < -0.4 is 10.6 Å². The molecule has 1 fully saturated rings. The Morgan fingerprint density at radius 2 is 1.73 bits per heavy atom. The Labute approximate surface area is 245 Å². The molecule has 1 aliphatic heterocycles. The average molecular weight is 553 g/mol. The number of nitrogens with two attached hydrogens (primary N) is 1. The molecule has 3 N–H and O–H groups in total. The third-order valence-electron chi connectivity index (χ3n) is 7.28. The fourth-order valence-electron chi connectivity index (χ4n) is 5.15. The highest BCUT2D eigenvalue weighted by Crippen LogP contribution is 2.33. The predicted molar refractivity (Wildman–Crippen MR) is 173 cm³/mol. The molecule has 0 radical (unpaired) electrons. The summed E-state index contributed by atoms with van der Waals surface area (Å²) in [7, 11) is 5.45. The molecule has 0 bridgehead atoms. The maximum atomic E-state index is 10.9. The van der Waals surface area contributed by atoms with Crippen molar-refractivity contribution in [3.8, 4) is 11.1 Å². The number of nitrogens with one attached hydrogen (secondary N) is 1. The third kappa shape index (κ3) is 9.00. The first-order chi connectivity index (χ1) is 19.9. The molecule has 0 unspecified atom stereocenters. The first-order valence-electron chi connectivity index (χ1n) is 14.2. The number of piperidine rings is 1. The van der Waals surface area contributed by atoms with Crippen LogP contribution in [0.4, 0.5) is 11.4 Å². The molecule has 6 heteroatoms. The minimum Gasteiger partial charge on any atom is -0.398 e. The van der Waals surface area contributed by atoms with Crippen LogP contribution in [-0.2, 0) is 16.1 Å². The lowest BCUT2D eigenvalue weighted by molar-refractivity contribution is -0.104. The number of ether oxygens (including phenoxy) is 1. The first-order valence-corrected chi connectivity index (χ1v) is 14.2. The predicted octanol–water partition coefficient (Wildman–Crippen LogP) is 7.05. The molecule has 216 valence electrons.